The molecule has 0 aromatic heterocycles. The van der Waals surface area contributed by atoms with Gasteiger partial charge in [0.1, 0.15) is 11.9 Å². The Balaban J connectivity index is 1.71. The molecular formula is C15H19Br2NO. The number of hydrogen-bond donors (Lipinski definition) is 1. The third kappa shape index (κ3) is 3.17. The van der Waals surface area contributed by atoms with E-state index in [1.165, 1.54) is 24.8 Å². The number of piperidine rings is 2. The van der Waals surface area contributed by atoms with Crippen molar-refractivity contribution < 1.29 is 4.74 Å². The maximum atomic E-state index is 6.21. The average molecular weight is 389 g/mol. The van der Waals surface area contributed by atoms with Gasteiger partial charge in [-0.15, -0.1) is 0 Å². The van der Waals surface area contributed by atoms with E-state index in [-0.39, 0.29) is 0 Å². The van der Waals surface area contributed by atoms with Crippen LogP contribution in [0.25, 0.3) is 0 Å². The lowest BCUT2D eigenvalue weighted by atomic mass is 9.85. The van der Waals surface area contributed by atoms with Crippen LogP contribution in [0.4, 0.5) is 0 Å². The second-order valence-electron chi connectivity index (χ2n) is 5.71. The maximum Gasteiger partial charge on any atom is 0.121 e. The van der Waals surface area contributed by atoms with Gasteiger partial charge in [-0.05, 0) is 50.3 Å². The van der Waals surface area contributed by atoms with E-state index in [1.54, 1.807) is 0 Å². The molecule has 2 saturated heterocycles. The van der Waals surface area contributed by atoms with E-state index in [2.05, 4.69) is 56.2 Å². The number of ether oxygens (including phenoxy) is 1. The van der Waals surface area contributed by atoms with E-state index in [1.807, 2.05) is 0 Å². The fraction of sp³-hybridized carbons (Fsp3) is 0.600. The number of fused-ring (bicyclic) bond motifs is 2. The van der Waals surface area contributed by atoms with Gasteiger partial charge in [-0.3, -0.25) is 0 Å². The molecule has 2 nitrogen and oxygen atoms in total. The van der Waals surface area contributed by atoms with Crippen molar-refractivity contribution in [2.45, 2.75) is 57.2 Å². The summed E-state index contributed by atoms with van der Waals surface area (Å²) in [6.45, 7) is 2.09. The van der Waals surface area contributed by atoms with Gasteiger partial charge < -0.3 is 10.1 Å². The maximum absolute atomic E-state index is 6.21. The molecule has 3 rings (SSSR count). The number of rotatable bonds is 2. The van der Waals surface area contributed by atoms with Gasteiger partial charge in [-0.1, -0.05) is 38.3 Å². The Morgan fingerprint density at radius 3 is 2.26 bits per heavy atom. The minimum Gasteiger partial charge on any atom is -0.490 e. The highest BCUT2D eigenvalue weighted by molar-refractivity contribution is 9.11. The third-order valence-corrected chi connectivity index (χ3v) is 5.88. The van der Waals surface area contributed by atoms with Crippen LogP contribution in [-0.2, 0) is 0 Å². The molecule has 0 spiro atoms. The Hall–Kier alpha value is -0.0600. The highest BCUT2D eigenvalue weighted by Gasteiger charge is 2.32. The molecule has 2 heterocycles. The van der Waals surface area contributed by atoms with E-state index in [0.717, 1.165) is 27.5 Å². The van der Waals surface area contributed by atoms with E-state index in [0.29, 0.717) is 18.2 Å². The second-order valence-corrected chi connectivity index (χ2v) is 7.42. The van der Waals surface area contributed by atoms with Gasteiger partial charge >= 0.3 is 0 Å². The summed E-state index contributed by atoms with van der Waals surface area (Å²) in [5, 5.41) is 3.70. The molecule has 0 aliphatic carbocycles. The molecule has 19 heavy (non-hydrogen) atoms. The van der Waals surface area contributed by atoms with Crippen molar-refractivity contribution in [2.75, 3.05) is 0 Å². The van der Waals surface area contributed by atoms with Crippen LogP contribution in [0.5, 0.6) is 5.75 Å². The van der Waals surface area contributed by atoms with Crippen molar-refractivity contribution >= 4 is 31.9 Å². The first-order chi connectivity index (χ1) is 9.11. The molecule has 2 aliphatic heterocycles. The summed E-state index contributed by atoms with van der Waals surface area (Å²) in [6.07, 6.45) is 6.61. The summed E-state index contributed by atoms with van der Waals surface area (Å²) >= 11 is 7.18. The van der Waals surface area contributed by atoms with Crippen LogP contribution in [0.3, 0.4) is 0 Å². The van der Waals surface area contributed by atoms with Crippen LogP contribution in [-0.4, -0.2) is 18.2 Å². The van der Waals surface area contributed by atoms with Crippen LogP contribution < -0.4 is 10.1 Å². The number of hydrogen-bond acceptors (Lipinski definition) is 2. The Labute approximate surface area is 131 Å². The molecule has 1 unspecified atom stereocenters. The molecule has 1 aromatic rings. The molecule has 2 aliphatic rings. The zero-order chi connectivity index (χ0) is 13.4. The summed E-state index contributed by atoms with van der Waals surface area (Å²) in [5.41, 5.74) is 1.22. The Kier molecular flexibility index (Phi) is 4.20. The van der Waals surface area contributed by atoms with E-state index in [9.17, 15) is 0 Å². The zero-order valence-electron chi connectivity index (χ0n) is 11.1. The highest BCUT2D eigenvalue weighted by Crippen LogP contribution is 2.33. The van der Waals surface area contributed by atoms with Gasteiger partial charge in [0.2, 0.25) is 0 Å². The van der Waals surface area contributed by atoms with Crippen LogP contribution in [0.2, 0.25) is 0 Å². The first kappa shape index (κ1) is 13.9. The lowest BCUT2D eigenvalue weighted by molar-refractivity contribution is 0.0926. The average Bonchev–Trinajstić information content (AvgIpc) is 2.35. The first-order valence-corrected chi connectivity index (χ1v) is 8.59. The normalized spacial score (nSPS) is 30.2. The lowest BCUT2D eigenvalue weighted by Crippen LogP contribution is -2.51. The molecule has 1 N–H and O–H groups in total. The number of nitrogens with one attached hydrogen (secondary N) is 1. The van der Waals surface area contributed by atoms with Crippen molar-refractivity contribution in [1.82, 2.24) is 5.32 Å². The molecule has 2 fully saturated rings. The van der Waals surface area contributed by atoms with Crippen LogP contribution >= 0.6 is 31.9 Å². The van der Waals surface area contributed by atoms with Crippen molar-refractivity contribution in [3.63, 3.8) is 0 Å². The van der Waals surface area contributed by atoms with E-state index >= 15 is 0 Å². The summed E-state index contributed by atoms with van der Waals surface area (Å²) in [4.78, 5) is 0. The minimum atomic E-state index is 0.359. The van der Waals surface area contributed by atoms with Gasteiger partial charge in [-0.2, -0.15) is 0 Å². The zero-order valence-corrected chi connectivity index (χ0v) is 14.3. The Morgan fingerprint density at radius 1 is 1.11 bits per heavy atom. The standard InChI is InChI=1S/C15H19Br2NO/c1-9-14(16)7-13(8-15(9)17)19-12-5-10-3-2-4-11(6-12)18-10/h7-8,10-12,18H,2-6H2,1H3/t10-,11+,12?. The largest absolute Gasteiger partial charge is 0.490 e. The van der Waals surface area contributed by atoms with Crippen LogP contribution in [0.1, 0.15) is 37.7 Å². The predicted octanol–water partition coefficient (Wildman–Crippen LogP) is 4.57. The Morgan fingerprint density at radius 2 is 1.68 bits per heavy atom. The van der Waals surface area contributed by atoms with Crippen molar-refractivity contribution in [2.24, 2.45) is 0 Å². The van der Waals surface area contributed by atoms with Crippen LogP contribution in [0.15, 0.2) is 21.1 Å². The van der Waals surface area contributed by atoms with Crippen molar-refractivity contribution in [3.8, 4) is 5.75 Å². The SMILES string of the molecule is Cc1c(Br)cc(OC2C[C@H]3CCC[C@@H](C2)N3)cc1Br. The van der Waals surface area contributed by atoms with Gasteiger partial charge in [0, 0.05) is 21.0 Å². The molecule has 4 heteroatoms. The molecule has 2 bridgehead atoms. The molecular weight excluding hydrogens is 370 g/mol. The van der Waals surface area contributed by atoms with E-state index < -0.39 is 0 Å². The molecule has 0 amide bonds. The molecule has 1 aromatic carbocycles. The summed E-state index contributed by atoms with van der Waals surface area (Å²) in [6, 6.07) is 5.49. The van der Waals surface area contributed by atoms with Gasteiger partial charge in [0.25, 0.3) is 0 Å². The second kappa shape index (κ2) is 5.74. The quantitative estimate of drug-likeness (QED) is 0.800. The molecule has 0 radical (unpaired) electrons. The van der Waals surface area contributed by atoms with Gasteiger partial charge in [0.05, 0.1) is 0 Å². The first-order valence-electron chi connectivity index (χ1n) is 7.00. The topological polar surface area (TPSA) is 21.3 Å². The van der Waals surface area contributed by atoms with Crippen molar-refractivity contribution in [1.29, 1.82) is 0 Å². The summed E-state index contributed by atoms with van der Waals surface area (Å²) in [7, 11) is 0. The minimum absolute atomic E-state index is 0.359. The highest BCUT2D eigenvalue weighted by atomic mass is 79.9. The third-order valence-electron chi connectivity index (χ3n) is 4.23. The summed E-state index contributed by atoms with van der Waals surface area (Å²) < 4.78 is 8.41. The van der Waals surface area contributed by atoms with Gasteiger partial charge in [0.15, 0.2) is 0 Å². The number of halogens is 2. The van der Waals surface area contributed by atoms with E-state index in [4.69, 9.17) is 4.74 Å². The summed E-state index contributed by atoms with van der Waals surface area (Å²) in [5.74, 6) is 0.967. The molecule has 104 valence electrons. The van der Waals surface area contributed by atoms with Crippen molar-refractivity contribution in [3.05, 3.63) is 26.6 Å². The number of benzene rings is 1. The predicted molar refractivity (Wildman–Crippen MR) is 84.8 cm³/mol. The lowest BCUT2D eigenvalue weighted by Gasteiger charge is -2.40. The fourth-order valence-electron chi connectivity index (χ4n) is 3.19. The Bertz CT molecular complexity index is 442. The monoisotopic (exact) mass is 387 g/mol. The molecule has 3 atom stereocenters. The smallest absolute Gasteiger partial charge is 0.121 e. The molecule has 0 saturated carbocycles. The fourth-order valence-corrected chi connectivity index (χ4v) is 4.34. The van der Waals surface area contributed by atoms with Crippen LogP contribution in [0, 0.1) is 6.92 Å². The van der Waals surface area contributed by atoms with Gasteiger partial charge in [-0.25, -0.2) is 0 Å².